The lowest BCUT2D eigenvalue weighted by Gasteiger charge is -2.11. The Hall–Kier alpha value is -1.43. The Balaban J connectivity index is 2.58. The molecule has 8 heteroatoms. The number of hydrogen-bond acceptors (Lipinski definition) is 5. The lowest BCUT2D eigenvalue weighted by atomic mass is 10.3. The minimum absolute atomic E-state index is 0.0747. The second-order valence-corrected chi connectivity index (χ2v) is 4.87. The standard InChI is InChI=1S/C9H12NO6P/c1-2-16-17(13,14)7-15-9-5-3-8(4-6-9)10(11)12/h3-6H,2,7H2,1H3,(H,13,14). The first-order valence-electron chi connectivity index (χ1n) is 4.78. The third-order valence-corrected chi connectivity index (χ3v) is 2.89. The van der Waals surface area contributed by atoms with E-state index >= 15 is 0 Å². The Labute approximate surface area is 97.7 Å². The summed E-state index contributed by atoms with van der Waals surface area (Å²) in [4.78, 5) is 19.1. The van der Waals surface area contributed by atoms with Crippen molar-refractivity contribution in [2.24, 2.45) is 0 Å². The number of rotatable bonds is 6. The smallest absolute Gasteiger partial charge is 0.365 e. The van der Waals surface area contributed by atoms with Crippen LogP contribution in [0, 0.1) is 10.1 Å². The van der Waals surface area contributed by atoms with Crippen LogP contribution in [0.4, 0.5) is 5.69 Å². The van der Waals surface area contributed by atoms with Gasteiger partial charge in [-0.05, 0) is 19.1 Å². The van der Waals surface area contributed by atoms with Gasteiger partial charge in [0.25, 0.3) is 5.69 Å². The molecule has 7 nitrogen and oxygen atoms in total. The maximum Gasteiger partial charge on any atom is 0.365 e. The zero-order valence-electron chi connectivity index (χ0n) is 9.11. The molecule has 0 saturated carbocycles. The van der Waals surface area contributed by atoms with Gasteiger partial charge in [-0.3, -0.25) is 14.7 Å². The summed E-state index contributed by atoms with van der Waals surface area (Å²) in [6.07, 6.45) is -0.487. The van der Waals surface area contributed by atoms with E-state index < -0.39 is 18.9 Å². The molecule has 0 saturated heterocycles. The van der Waals surface area contributed by atoms with E-state index in [1.54, 1.807) is 6.92 Å². The van der Waals surface area contributed by atoms with Crippen LogP contribution in [0.2, 0.25) is 0 Å². The molecule has 94 valence electrons. The molecule has 0 spiro atoms. The molecule has 0 radical (unpaired) electrons. The van der Waals surface area contributed by atoms with E-state index in [2.05, 4.69) is 4.52 Å². The lowest BCUT2D eigenvalue weighted by Crippen LogP contribution is -2.01. The van der Waals surface area contributed by atoms with Gasteiger partial charge in [-0.1, -0.05) is 0 Å². The van der Waals surface area contributed by atoms with E-state index in [1.807, 2.05) is 0 Å². The van der Waals surface area contributed by atoms with Crippen molar-refractivity contribution in [3.05, 3.63) is 34.4 Å². The summed E-state index contributed by atoms with van der Waals surface area (Å²) in [6.45, 7) is 1.70. The Bertz CT molecular complexity index is 432. The highest BCUT2D eigenvalue weighted by Gasteiger charge is 2.19. The summed E-state index contributed by atoms with van der Waals surface area (Å²) in [5, 5.41) is 10.4. The van der Waals surface area contributed by atoms with E-state index in [1.165, 1.54) is 24.3 Å². The lowest BCUT2D eigenvalue weighted by molar-refractivity contribution is -0.384. The third-order valence-electron chi connectivity index (χ3n) is 1.77. The quantitative estimate of drug-likeness (QED) is 0.478. The van der Waals surface area contributed by atoms with Gasteiger partial charge in [-0.15, -0.1) is 0 Å². The zero-order chi connectivity index (χ0) is 12.9. The number of hydrogen-bond donors (Lipinski definition) is 1. The predicted molar refractivity (Wildman–Crippen MR) is 60.0 cm³/mol. The Morgan fingerprint density at radius 2 is 2.00 bits per heavy atom. The molecule has 0 aromatic heterocycles. The highest BCUT2D eigenvalue weighted by atomic mass is 31.2. The molecule has 1 unspecified atom stereocenters. The number of nitrogens with zero attached hydrogens (tertiary/aromatic N) is 1. The largest absolute Gasteiger partial charge is 0.481 e. The van der Waals surface area contributed by atoms with Crippen molar-refractivity contribution in [1.82, 2.24) is 0 Å². The van der Waals surface area contributed by atoms with Crippen LogP contribution >= 0.6 is 7.60 Å². The summed E-state index contributed by atoms with van der Waals surface area (Å²) in [6, 6.07) is 5.20. The van der Waals surface area contributed by atoms with Crippen LogP contribution in [0.3, 0.4) is 0 Å². The normalized spacial score (nSPS) is 14.0. The average molecular weight is 261 g/mol. The molecule has 1 N–H and O–H groups in total. The van der Waals surface area contributed by atoms with Crippen molar-refractivity contribution < 1.29 is 23.6 Å². The first-order chi connectivity index (χ1) is 7.94. The topological polar surface area (TPSA) is 98.9 Å². The molecule has 1 aromatic rings. The predicted octanol–water partition coefficient (Wildman–Crippen LogP) is 2.15. The molecule has 0 aliphatic heterocycles. The molecule has 17 heavy (non-hydrogen) atoms. The van der Waals surface area contributed by atoms with Crippen LogP contribution in [0.15, 0.2) is 24.3 Å². The number of ether oxygens (including phenoxy) is 1. The molecule has 1 aromatic carbocycles. The number of nitro benzene ring substituents is 1. The highest BCUT2D eigenvalue weighted by molar-refractivity contribution is 7.52. The van der Waals surface area contributed by atoms with Gasteiger partial charge in [-0.25, -0.2) is 0 Å². The zero-order valence-corrected chi connectivity index (χ0v) is 10.0. The molecular weight excluding hydrogens is 249 g/mol. The second kappa shape index (κ2) is 5.77. The van der Waals surface area contributed by atoms with Gasteiger partial charge in [-0.2, -0.15) is 0 Å². The molecule has 1 rings (SSSR count). The SMILES string of the molecule is CCOP(=O)(O)COc1ccc([N+](=O)[O-])cc1. The van der Waals surface area contributed by atoms with Gasteiger partial charge in [0.2, 0.25) is 0 Å². The van der Waals surface area contributed by atoms with Crippen LogP contribution in [0.5, 0.6) is 5.75 Å². The van der Waals surface area contributed by atoms with Crippen molar-refractivity contribution in [3.63, 3.8) is 0 Å². The summed E-state index contributed by atoms with van der Waals surface area (Å²) in [5.41, 5.74) is -0.0747. The maximum atomic E-state index is 11.3. The van der Waals surface area contributed by atoms with E-state index in [4.69, 9.17) is 4.74 Å². The van der Waals surface area contributed by atoms with E-state index in [9.17, 15) is 19.6 Å². The Morgan fingerprint density at radius 1 is 1.41 bits per heavy atom. The fraction of sp³-hybridized carbons (Fsp3) is 0.333. The summed E-state index contributed by atoms with van der Waals surface area (Å²) >= 11 is 0. The van der Waals surface area contributed by atoms with E-state index in [0.29, 0.717) is 0 Å². The van der Waals surface area contributed by atoms with Crippen molar-refractivity contribution in [3.8, 4) is 5.75 Å². The molecule has 0 aliphatic carbocycles. The fourth-order valence-electron chi connectivity index (χ4n) is 1.06. The minimum atomic E-state index is -3.75. The first kappa shape index (κ1) is 13.6. The molecule has 0 bridgehead atoms. The molecule has 1 atom stereocenters. The number of non-ortho nitro benzene ring substituents is 1. The van der Waals surface area contributed by atoms with Crippen LogP contribution in [0.1, 0.15) is 6.92 Å². The first-order valence-corrected chi connectivity index (χ1v) is 6.54. The van der Waals surface area contributed by atoms with Gasteiger partial charge >= 0.3 is 7.60 Å². The monoisotopic (exact) mass is 261 g/mol. The number of nitro groups is 1. The van der Waals surface area contributed by atoms with Gasteiger partial charge in [0.15, 0.2) is 6.35 Å². The number of benzene rings is 1. The van der Waals surface area contributed by atoms with Gasteiger partial charge in [0.1, 0.15) is 5.75 Å². The third kappa shape index (κ3) is 4.52. The van der Waals surface area contributed by atoms with Crippen LogP contribution < -0.4 is 4.74 Å². The Kier molecular flexibility index (Phi) is 4.62. The summed E-state index contributed by atoms with van der Waals surface area (Å²) < 4.78 is 20.9. The van der Waals surface area contributed by atoms with Crippen molar-refractivity contribution in [2.75, 3.05) is 13.0 Å². The summed E-state index contributed by atoms with van der Waals surface area (Å²) in [7, 11) is -3.75. The minimum Gasteiger partial charge on any atom is -0.481 e. The molecule has 0 amide bonds. The van der Waals surface area contributed by atoms with Crippen molar-refractivity contribution in [1.29, 1.82) is 0 Å². The Morgan fingerprint density at radius 3 is 2.47 bits per heavy atom. The molecule has 0 fully saturated rings. The van der Waals surface area contributed by atoms with Crippen LogP contribution in [-0.4, -0.2) is 22.8 Å². The van der Waals surface area contributed by atoms with Crippen molar-refractivity contribution in [2.45, 2.75) is 6.92 Å². The van der Waals surface area contributed by atoms with Crippen LogP contribution in [0.25, 0.3) is 0 Å². The van der Waals surface area contributed by atoms with E-state index in [-0.39, 0.29) is 18.0 Å². The highest BCUT2D eigenvalue weighted by Crippen LogP contribution is 2.41. The molecular formula is C9H12NO6P. The molecule has 0 heterocycles. The summed E-state index contributed by atoms with van der Waals surface area (Å²) in [5.74, 6) is 0.268. The van der Waals surface area contributed by atoms with Gasteiger partial charge in [0.05, 0.1) is 11.5 Å². The maximum absolute atomic E-state index is 11.3. The second-order valence-electron chi connectivity index (χ2n) is 3.08. The van der Waals surface area contributed by atoms with Gasteiger partial charge in [0, 0.05) is 12.1 Å². The van der Waals surface area contributed by atoms with Gasteiger partial charge < -0.3 is 14.2 Å². The van der Waals surface area contributed by atoms with Crippen LogP contribution in [-0.2, 0) is 9.09 Å². The molecule has 0 aliphatic rings. The van der Waals surface area contributed by atoms with Crippen molar-refractivity contribution >= 4 is 13.3 Å². The van der Waals surface area contributed by atoms with E-state index in [0.717, 1.165) is 0 Å². The average Bonchev–Trinajstić information content (AvgIpc) is 2.27. The fourth-order valence-corrected chi connectivity index (χ4v) is 1.85.